The average molecular weight is 470 g/mol. The van der Waals surface area contributed by atoms with E-state index in [9.17, 15) is 4.57 Å². The van der Waals surface area contributed by atoms with Gasteiger partial charge in [0.15, 0.2) is 5.76 Å². The monoisotopic (exact) mass is 470 g/mol. The lowest BCUT2D eigenvalue weighted by molar-refractivity contribution is -0.711. The number of nitrogens with two attached hydrogens (primary N) is 1. The zero-order valence-corrected chi connectivity index (χ0v) is 19.2. The van der Waals surface area contributed by atoms with Gasteiger partial charge in [-0.1, -0.05) is 60.8 Å². The Morgan fingerprint density at radius 1 is 1.18 bits per heavy atom. The van der Waals surface area contributed by atoms with Crippen LogP contribution < -0.4 is 10.3 Å². The zero-order valence-electron chi connectivity index (χ0n) is 18.3. The number of phosphoric ester groups is 1. The van der Waals surface area contributed by atoms with Crippen LogP contribution in [0.15, 0.2) is 59.3 Å². The van der Waals surface area contributed by atoms with Crippen molar-refractivity contribution in [2.75, 3.05) is 5.73 Å². The highest BCUT2D eigenvalue weighted by Crippen LogP contribution is 2.35. The molecule has 4 N–H and O–H groups in total. The summed E-state index contributed by atoms with van der Waals surface area (Å²) in [5.41, 5.74) is 9.79. The molecule has 0 saturated heterocycles. The summed E-state index contributed by atoms with van der Waals surface area (Å²) in [6.45, 7) is -0.382. The highest BCUT2D eigenvalue weighted by Gasteiger charge is 2.20. The van der Waals surface area contributed by atoms with Crippen LogP contribution in [0.1, 0.15) is 48.9 Å². The zero-order chi connectivity index (χ0) is 23.3. The van der Waals surface area contributed by atoms with Gasteiger partial charge in [0.25, 0.3) is 5.82 Å². The number of rotatable bonds is 8. The Labute approximate surface area is 192 Å². The van der Waals surface area contributed by atoms with E-state index in [0.717, 1.165) is 11.3 Å². The molecule has 0 atom stereocenters. The third kappa shape index (κ3) is 6.62. The summed E-state index contributed by atoms with van der Waals surface area (Å²) in [5, 5.41) is 4.15. The fourth-order valence-electron chi connectivity index (χ4n) is 4.07. The van der Waals surface area contributed by atoms with Crippen LogP contribution in [0.4, 0.5) is 5.82 Å². The molecule has 0 unspecified atom stereocenters. The molecule has 8 nitrogen and oxygen atoms in total. The first-order valence-electron chi connectivity index (χ1n) is 11.1. The third-order valence-corrected chi connectivity index (χ3v) is 6.33. The Kier molecular flexibility index (Phi) is 7.40. The third-order valence-electron chi connectivity index (χ3n) is 5.88. The molecule has 0 spiro atoms. The van der Waals surface area contributed by atoms with E-state index in [1.807, 2.05) is 6.07 Å². The second-order valence-electron chi connectivity index (χ2n) is 8.38. The van der Waals surface area contributed by atoms with Gasteiger partial charge < -0.3 is 14.3 Å². The van der Waals surface area contributed by atoms with Crippen LogP contribution in [0.5, 0.6) is 0 Å². The van der Waals surface area contributed by atoms with Crippen LogP contribution in [0.25, 0.3) is 17.4 Å². The van der Waals surface area contributed by atoms with Gasteiger partial charge in [0.2, 0.25) is 6.73 Å². The van der Waals surface area contributed by atoms with Crippen LogP contribution in [-0.2, 0) is 22.2 Å². The molecule has 3 aromatic rings. The maximum Gasteiger partial charge on any atom is 0.472 e. The predicted octanol–water partition coefficient (Wildman–Crippen LogP) is 4.46. The number of pyridine rings is 1. The quantitative estimate of drug-likeness (QED) is 0.328. The van der Waals surface area contributed by atoms with Gasteiger partial charge in [0, 0.05) is 12.5 Å². The van der Waals surface area contributed by atoms with E-state index in [2.05, 4.69) is 46.1 Å². The molecule has 1 fully saturated rings. The van der Waals surface area contributed by atoms with Gasteiger partial charge in [-0.15, -0.1) is 0 Å². The molecule has 1 aliphatic carbocycles. The normalized spacial score (nSPS) is 15.3. The van der Waals surface area contributed by atoms with E-state index < -0.39 is 7.82 Å². The Bertz CT molecular complexity index is 1150. The fraction of sp³-hybridized carbons (Fsp3) is 0.333. The summed E-state index contributed by atoms with van der Waals surface area (Å²) in [5.74, 6) is 1.43. The van der Waals surface area contributed by atoms with Crippen molar-refractivity contribution >= 4 is 19.7 Å². The molecule has 0 amide bonds. The minimum Gasteiger partial charge on any atom is -0.356 e. The van der Waals surface area contributed by atoms with Gasteiger partial charge >= 0.3 is 7.82 Å². The van der Waals surface area contributed by atoms with Gasteiger partial charge in [-0.2, -0.15) is 0 Å². The smallest absolute Gasteiger partial charge is 0.356 e. The summed E-state index contributed by atoms with van der Waals surface area (Å²) in [7, 11) is -4.61. The number of anilines is 1. The van der Waals surface area contributed by atoms with Crippen LogP contribution >= 0.6 is 7.82 Å². The van der Waals surface area contributed by atoms with Gasteiger partial charge in [0.05, 0.1) is 11.9 Å². The SMILES string of the molecule is Nc1c(-c2cc(Cc3ccc(/C=C/C4CCCCC4)cc3)no2)ccc[n+]1COP(=O)(O)O. The van der Waals surface area contributed by atoms with E-state index in [-0.39, 0.29) is 12.5 Å². The lowest BCUT2D eigenvalue weighted by Crippen LogP contribution is -2.38. The number of benzene rings is 1. The maximum atomic E-state index is 11.0. The van der Waals surface area contributed by atoms with E-state index in [4.69, 9.17) is 20.0 Å². The second-order valence-corrected chi connectivity index (χ2v) is 9.62. The summed E-state index contributed by atoms with van der Waals surface area (Å²) < 4.78 is 22.4. The van der Waals surface area contributed by atoms with E-state index in [1.54, 1.807) is 18.3 Å². The highest BCUT2D eigenvalue weighted by atomic mass is 31.2. The lowest BCUT2D eigenvalue weighted by Gasteiger charge is -2.17. The number of phosphoric acid groups is 1. The number of hydrogen-bond acceptors (Lipinski definition) is 5. The van der Waals surface area contributed by atoms with E-state index in [1.165, 1.54) is 42.2 Å². The molecule has 1 saturated carbocycles. The Morgan fingerprint density at radius 3 is 2.67 bits per heavy atom. The number of hydrogen-bond donors (Lipinski definition) is 3. The minimum atomic E-state index is -4.61. The van der Waals surface area contributed by atoms with Crippen LogP contribution in [0.2, 0.25) is 0 Å². The molecular weight excluding hydrogens is 441 g/mol. The van der Waals surface area contributed by atoms with Crippen molar-refractivity contribution in [3.8, 4) is 11.3 Å². The van der Waals surface area contributed by atoms with Gasteiger partial charge in [-0.25, -0.2) is 13.7 Å². The molecule has 1 aromatic carbocycles. The number of nitrogen functional groups attached to an aromatic ring is 1. The van der Waals surface area contributed by atoms with Gasteiger partial charge in [-0.05, 0) is 42.0 Å². The molecule has 2 aromatic heterocycles. The minimum absolute atomic E-state index is 0.253. The van der Waals surface area contributed by atoms with Crippen molar-refractivity contribution in [3.05, 3.63) is 71.6 Å². The Balaban J connectivity index is 1.41. The summed E-state index contributed by atoms with van der Waals surface area (Å²) in [6.07, 6.45) is 13.4. The van der Waals surface area contributed by atoms with Gasteiger partial charge in [0.1, 0.15) is 5.56 Å². The molecule has 1 aliphatic rings. The van der Waals surface area contributed by atoms with Crippen molar-refractivity contribution in [2.45, 2.75) is 45.3 Å². The molecule has 9 heteroatoms. The average Bonchev–Trinajstić information content (AvgIpc) is 3.26. The second kappa shape index (κ2) is 10.4. The Hall–Kier alpha value is -2.77. The van der Waals surface area contributed by atoms with Crippen molar-refractivity contribution in [1.82, 2.24) is 5.16 Å². The molecular formula is C24H29N3O5P+. The van der Waals surface area contributed by atoms with E-state index >= 15 is 0 Å². The summed E-state index contributed by atoms with van der Waals surface area (Å²) >= 11 is 0. The lowest BCUT2D eigenvalue weighted by atomic mass is 9.89. The van der Waals surface area contributed by atoms with Crippen LogP contribution in [-0.4, -0.2) is 14.9 Å². The first-order valence-corrected chi connectivity index (χ1v) is 12.6. The Morgan fingerprint density at radius 2 is 1.94 bits per heavy atom. The summed E-state index contributed by atoms with van der Waals surface area (Å²) in [4.78, 5) is 17.8. The highest BCUT2D eigenvalue weighted by molar-refractivity contribution is 7.46. The topological polar surface area (TPSA) is 123 Å². The molecule has 174 valence electrons. The fourth-order valence-corrected chi connectivity index (χ4v) is 4.35. The molecule has 33 heavy (non-hydrogen) atoms. The van der Waals surface area contributed by atoms with Crippen molar-refractivity contribution in [1.29, 1.82) is 0 Å². The molecule has 0 bridgehead atoms. The van der Waals surface area contributed by atoms with Gasteiger partial charge in [-0.3, -0.25) is 5.73 Å². The molecule has 4 rings (SSSR count). The molecule has 2 heterocycles. The summed E-state index contributed by atoms with van der Waals surface area (Å²) in [6, 6.07) is 13.7. The number of nitrogens with zero attached hydrogens (tertiary/aromatic N) is 2. The number of allylic oxidation sites excluding steroid dienone is 1. The van der Waals surface area contributed by atoms with Crippen molar-refractivity contribution in [2.24, 2.45) is 5.92 Å². The largest absolute Gasteiger partial charge is 0.472 e. The standard InChI is InChI=1S/C24H28N3O5P/c25-24-22(7-4-14-27(24)17-31-33(28,29)30)23-16-21(26-32-23)15-20-12-10-19(11-13-20)9-8-18-5-2-1-3-6-18/h4,7-14,16,18,25H,1-3,5-6,15,17H2,(H2,28,29,30)/p+1/b9-8+. The maximum absolute atomic E-state index is 11.0. The van der Waals surface area contributed by atoms with Crippen LogP contribution in [0, 0.1) is 5.92 Å². The van der Waals surface area contributed by atoms with E-state index in [0.29, 0.717) is 23.7 Å². The molecule has 0 radical (unpaired) electrons. The molecule has 0 aliphatic heterocycles. The van der Waals surface area contributed by atoms with Crippen molar-refractivity contribution < 1.29 is 28.0 Å². The number of aromatic nitrogens is 2. The van der Waals surface area contributed by atoms with Crippen LogP contribution in [0.3, 0.4) is 0 Å². The van der Waals surface area contributed by atoms with Crippen molar-refractivity contribution in [3.63, 3.8) is 0 Å². The first kappa shape index (κ1) is 23.4. The first-order chi connectivity index (χ1) is 15.9. The predicted molar refractivity (Wildman–Crippen MR) is 125 cm³/mol.